The largest absolute Gasteiger partial charge is 0.484 e. The van der Waals surface area contributed by atoms with Gasteiger partial charge in [-0.3, -0.25) is 14.4 Å². The third-order valence-corrected chi connectivity index (χ3v) is 6.28. The lowest BCUT2D eigenvalue weighted by molar-refractivity contribution is -0.151. The van der Waals surface area contributed by atoms with Crippen LogP contribution in [0.2, 0.25) is 5.02 Å². The minimum absolute atomic E-state index is 0.00195. The number of hydrogen-bond donors (Lipinski definition) is 3. The molecule has 1 aliphatic heterocycles. The highest BCUT2D eigenvalue weighted by molar-refractivity contribution is 6.30. The number of carbonyl (C=O) groups is 2. The second kappa shape index (κ2) is 7.41. The SMILES string of the molecule is CC(C)C1CC(C(=O)NC23CC(NC(=O)COc4ccc(Cl)c(F)c4)(C2)C3)NO1. The van der Waals surface area contributed by atoms with E-state index in [2.05, 4.69) is 30.0 Å². The predicted octanol–water partition coefficient (Wildman–Crippen LogP) is 2.08. The maximum Gasteiger partial charge on any atom is 0.258 e. The van der Waals surface area contributed by atoms with Crippen LogP contribution in [-0.4, -0.2) is 41.6 Å². The molecule has 2 unspecified atom stereocenters. The molecule has 0 aromatic heterocycles. The zero-order valence-electron chi connectivity index (χ0n) is 16.4. The molecule has 2 atom stereocenters. The first-order valence-corrected chi connectivity index (χ1v) is 10.2. The molecule has 3 saturated carbocycles. The minimum Gasteiger partial charge on any atom is -0.484 e. The van der Waals surface area contributed by atoms with Crippen LogP contribution in [0.5, 0.6) is 5.75 Å². The number of carbonyl (C=O) groups excluding carboxylic acids is 2. The van der Waals surface area contributed by atoms with Gasteiger partial charge in [-0.2, -0.15) is 5.48 Å². The summed E-state index contributed by atoms with van der Waals surface area (Å²) in [4.78, 5) is 30.1. The van der Waals surface area contributed by atoms with E-state index in [9.17, 15) is 14.0 Å². The number of hydrogen-bond acceptors (Lipinski definition) is 5. The third kappa shape index (κ3) is 4.06. The number of rotatable bonds is 7. The summed E-state index contributed by atoms with van der Waals surface area (Å²) in [6, 6.07) is 3.70. The van der Waals surface area contributed by atoms with Crippen LogP contribution in [0.3, 0.4) is 0 Å². The molecule has 2 amide bonds. The fourth-order valence-electron chi connectivity index (χ4n) is 4.52. The van der Waals surface area contributed by atoms with E-state index in [1.54, 1.807) is 0 Å². The normalized spacial score (nSPS) is 32.3. The van der Waals surface area contributed by atoms with Gasteiger partial charge in [0.2, 0.25) is 5.91 Å². The van der Waals surface area contributed by atoms with Crippen LogP contribution in [-0.2, 0) is 14.4 Å². The number of halogens is 2. The van der Waals surface area contributed by atoms with Crippen molar-refractivity contribution in [3.05, 3.63) is 29.0 Å². The Bertz CT molecular complexity index is 814. The van der Waals surface area contributed by atoms with Crippen LogP contribution in [0, 0.1) is 11.7 Å². The van der Waals surface area contributed by atoms with Crippen molar-refractivity contribution < 1.29 is 23.6 Å². The Labute approximate surface area is 173 Å². The lowest BCUT2D eigenvalue weighted by atomic mass is 9.44. The minimum atomic E-state index is -0.594. The summed E-state index contributed by atoms with van der Waals surface area (Å²) in [5, 5.41) is 6.08. The monoisotopic (exact) mass is 425 g/mol. The standard InChI is InChI=1S/C20H25ClFN3O4/c1-11(2)16-6-15(25-29-16)18(27)24-20-8-19(9-20,10-20)23-17(26)7-28-12-3-4-13(21)14(22)5-12/h3-5,11,15-16,25H,6-10H2,1-2H3,(H,23,26)(H,24,27). The maximum absolute atomic E-state index is 13.4. The first-order valence-electron chi connectivity index (χ1n) is 9.81. The van der Waals surface area contributed by atoms with Gasteiger partial charge in [0.25, 0.3) is 5.91 Å². The molecule has 3 aliphatic carbocycles. The molecule has 1 aromatic carbocycles. The fraction of sp³-hybridized carbons (Fsp3) is 0.600. The van der Waals surface area contributed by atoms with E-state index in [0.29, 0.717) is 31.6 Å². The molecule has 4 fully saturated rings. The third-order valence-electron chi connectivity index (χ3n) is 5.97. The molecule has 158 valence electrons. The Morgan fingerprint density at radius 1 is 1.31 bits per heavy atom. The highest BCUT2D eigenvalue weighted by atomic mass is 35.5. The summed E-state index contributed by atoms with van der Waals surface area (Å²) < 4.78 is 18.7. The van der Waals surface area contributed by atoms with Crippen LogP contribution in [0.4, 0.5) is 4.39 Å². The maximum atomic E-state index is 13.4. The molecule has 0 radical (unpaired) electrons. The van der Waals surface area contributed by atoms with E-state index >= 15 is 0 Å². The Hall–Kier alpha value is -1.90. The molecule has 1 saturated heterocycles. The van der Waals surface area contributed by atoms with Gasteiger partial charge < -0.3 is 15.4 Å². The lowest BCUT2D eigenvalue weighted by Crippen LogP contribution is -2.84. The summed E-state index contributed by atoms with van der Waals surface area (Å²) in [7, 11) is 0. The van der Waals surface area contributed by atoms with E-state index in [1.165, 1.54) is 12.1 Å². The number of hydroxylamine groups is 1. The Morgan fingerprint density at radius 3 is 2.62 bits per heavy atom. The van der Waals surface area contributed by atoms with Crippen molar-refractivity contribution in [1.82, 2.24) is 16.1 Å². The van der Waals surface area contributed by atoms with E-state index in [-0.39, 0.29) is 52.4 Å². The van der Waals surface area contributed by atoms with Gasteiger partial charge in [-0.1, -0.05) is 25.4 Å². The molecule has 7 nitrogen and oxygen atoms in total. The molecular weight excluding hydrogens is 401 g/mol. The molecular formula is C20H25ClFN3O4. The first-order chi connectivity index (χ1) is 13.7. The molecule has 9 heteroatoms. The van der Waals surface area contributed by atoms with Gasteiger partial charge in [0.1, 0.15) is 17.6 Å². The first kappa shape index (κ1) is 20.4. The van der Waals surface area contributed by atoms with Crippen molar-refractivity contribution in [2.45, 2.75) is 62.8 Å². The van der Waals surface area contributed by atoms with E-state index < -0.39 is 5.82 Å². The molecule has 1 aromatic rings. The van der Waals surface area contributed by atoms with Crippen molar-refractivity contribution >= 4 is 23.4 Å². The van der Waals surface area contributed by atoms with Gasteiger partial charge in [-0.05, 0) is 37.3 Å². The number of nitrogens with one attached hydrogen (secondary N) is 3. The second-order valence-corrected chi connectivity index (χ2v) is 9.21. The van der Waals surface area contributed by atoms with E-state index in [4.69, 9.17) is 21.2 Å². The zero-order chi connectivity index (χ0) is 20.8. The molecule has 1 heterocycles. The quantitative estimate of drug-likeness (QED) is 0.622. The summed E-state index contributed by atoms with van der Waals surface area (Å²) in [5.74, 6) is -0.329. The molecule has 5 rings (SSSR count). The highest BCUT2D eigenvalue weighted by Gasteiger charge is 2.69. The summed E-state index contributed by atoms with van der Waals surface area (Å²) in [5.41, 5.74) is 2.31. The van der Waals surface area contributed by atoms with Crippen LogP contribution < -0.4 is 20.9 Å². The van der Waals surface area contributed by atoms with Crippen LogP contribution in [0.25, 0.3) is 0 Å². The van der Waals surface area contributed by atoms with Crippen molar-refractivity contribution in [3.63, 3.8) is 0 Å². The predicted molar refractivity (Wildman–Crippen MR) is 104 cm³/mol. The number of ether oxygens (including phenoxy) is 1. The second-order valence-electron chi connectivity index (χ2n) is 8.80. The summed E-state index contributed by atoms with van der Waals surface area (Å²) >= 11 is 5.62. The van der Waals surface area contributed by atoms with E-state index in [1.807, 2.05) is 0 Å². The van der Waals surface area contributed by atoms with Crippen LogP contribution in [0.1, 0.15) is 39.5 Å². The Morgan fingerprint density at radius 2 is 2.00 bits per heavy atom. The Balaban J connectivity index is 1.19. The van der Waals surface area contributed by atoms with Crippen molar-refractivity contribution in [2.75, 3.05) is 6.61 Å². The van der Waals surface area contributed by atoms with Gasteiger partial charge in [-0.15, -0.1) is 0 Å². The molecule has 2 bridgehead atoms. The topological polar surface area (TPSA) is 88.7 Å². The van der Waals surface area contributed by atoms with Crippen molar-refractivity contribution in [2.24, 2.45) is 5.92 Å². The van der Waals surface area contributed by atoms with Crippen molar-refractivity contribution in [3.8, 4) is 5.75 Å². The molecule has 3 N–H and O–H groups in total. The van der Waals surface area contributed by atoms with Gasteiger partial charge in [0, 0.05) is 23.6 Å². The molecule has 0 spiro atoms. The van der Waals surface area contributed by atoms with Crippen LogP contribution >= 0.6 is 11.6 Å². The van der Waals surface area contributed by atoms with Gasteiger partial charge in [-0.25, -0.2) is 4.39 Å². The van der Waals surface area contributed by atoms with Gasteiger partial charge in [0.05, 0.1) is 11.1 Å². The highest BCUT2D eigenvalue weighted by Crippen LogP contribution is 2.60. The average molecular weight is 426 g/mol. The Kier molecular flexibility index (Phi) is 5.21. The zero-order valence-corrected chi connectivity index (χ0v) is 17.1. The molecule has 4 aliphatic rings. The summed E-state index contributed by atoms with van der Waals surface area (Å²) in [6.45, 7) is 3.92. The summed E-state index contributed by atoms with van der Waals surface area (Å²) in [6.07, 6.45) is 2.80. The average Bonchev–Trinajstić information content (AvgIpc) is 3.10. The smallest absolute Gasteiger partial charge is 0.258 e. The number of benzene rings is 1. The fourth-order valence-corrected chi connectivity index (χ4v) is 4.63. The number of amides is 2. The van der Waals surface area contributed by atoms with Gasteiger partial charge in [0.15, 0.2) is 6.61 Å². The van der Waals surface area contributed by atoms with Gasteiger partial charge >= 0.3 is 0 Å². The van der Waals surface area contributed by atoms with Crippen LogP contribution in [0.15, 0.2) is 18.2 Å². The lowest BCUT2D eigenvalue weighted by Gasteiger charge is -2.70. The van der Waals surface area contributed by atoms with Crippen molar-refractivity contribution in [1.29, 1.82) is 0 Å². The molecule has 29 heavy (non-hydrogen) atoms. The van der Waals surface area contributed by atoms with E-state index in [0.717, 1.165) is 6.07 Å².